The van der Waals surface area contributed by atoms with Gasteiger partial charge in [-0.05, 0) is 23.8 Å². The molecule has 1 atom stereocenters. The van der Waals surface area contributed by atoms with Crippen LogP contribution in [0.4, 0.5) is 0 Å². The lowest BCUT2D eigenvalue weighted by atomic mass is 10.0. The number of nitrogens with one attached hydrogen (secondary N) is 3. The molecular weight excluding hydrogens is 356 g/mol. The minimum Gasteiger partial charge on any atom is -0.467 e. The predicted molar refractivity (Wildman–Crippen MR) is 98.7 cm³/mol. The zero-order valence-electron chi connectivity index (χ0n) is 13.8. The average Bonchev–Trinajstić information content (AvgIpc) is 3.02. The Hall–Kier alpha value is -3.07. The molecular formula is C17H16N4O4S. The van der Waals surface area contributed by atoms with Crippen LogP contribution in [0.3, 0.4) is 0 Å². The third kappa shape index (κ3) is 3.62. The van der Waals surface area contributed by atoms with Gasteiger partial charge >= 0.3 is 5.97 Å². The molecule has 1 aliphatic rings. The molecule has 9 heteroatoms. The molecule has 0 bridgehead atoms. The molecule has 8 nitrogen and oxygen atoms in total. The van der Waals surface area contributed by atoms with Crippen LogP contribution in [0.5, 0.6) is 0 Å². The molecule has 0 unspecified atom stereocenters. The number of ether oxygens (including phenoxy) is 1. The maximum atomic E-state index is 12.1. The molecule has 26 heavy (non-hydrogen) atoms. The van der Waals surface area contributed by atoms with E-state index in [4.69, 9.17) is 17.0 Å². The molecule has 0 saturated carbocycles. The maximum Gasteiger partial charge on any atom is 0.330 e. The number of nitrogens with zero attached hydrogens (tertiary/aromatic N) is 1. The third-order valence-electron chi connectivity index (χ3n) is 4.01. The summed E-state index contributed by atoms with van der Waals surface area (Å²) in [5.41, 5.74) is 1.82. The summed E-state index contributed by atoms with van der Waals surface area (Å²) in [6.45, 7) is 0. The van der Waals surface area contributed by atoms with E-state index in [0.29, 0.717) is 0 Å². The number of aromatic nitrogens is 1. The largest absolute Gasteiger partial charge is 0.467 e. The van der Waals surface area contributed by atoms with Gasteiger partial charge in [0.25, 0.3) is 0 Å². The van der Waals surface area contributed by atoms with Crippen LogP contribution in [0.15, 0.2) is 35.5 Å². The van der Waals surface area contributed by atoms with Crippen LogP contribution in [-0.4, -0.2) is 47.2 Å². The summed E-state index contributed by atoms with van der Waals surface area (Å²) >= 11 is 4.74. The molecule has 2 amide bonds. The smallest absolute Gasteiger partial charge is 0.330 e. The molecule has 3 N–H and O–H groups in total. The molecule has 0 spiro atoms. The van der Waals surface area contributed by atoms with E-state index in [-0.39, 0.29) is 11.5 Å². The van der Waals surface area contributed by atoms with E-state index in [2.05, 4.69) is 20.6 Å². The minimum atomic E-state index is -1.16. The van der Waals surface area contributed by atoms with Gasteiger partial charge in [-0.3, -0.25) is 14.6 Å². The zero-order chi connectivity index (χ0) is 18.7. The number of methoxy groups -OCH3 is 1. The monoisotopic (exact) mass is 372 g/mol. The first-order valence-electron chi connectivity index (χ1n) is 7.81. The molecule has 1 aromatic heterocycles. The first-order valence-corrected chi connectivity index (χ1v) is 8.22. The number of esters is 1. The van der Waals surface area contributed by atoms with Gasteiger partial charge in [0.05, 0.1) is 7.11 Å². The van der Waals surface area contributed by atoms with E-state index in [0.717, 1.165) is 22.7 Å². The number of amides is 2. The fourth-order valence-electron chi connectivity index (χ4n) is 2.70. The second-order valence-electron chi connectivity index (χ2n) is 5.69. The van der Waals surface area contributed by atoms with E-state index >= 15 is 0 Å². The first-order chi connectivity index (χ1) is 12.5. The Morgan fingerprint density at radius 3 is 2.69 bits per heavy atom. The highest BCUT2D eigenvalue weighted by atomic mass is 32.1. The van der Waals surface area contributed by atoms with Gasteiger partial charge in [-0.1, -0.05) is 18.2 Å². The summed E-state index contributed by atoms with van der Waals surface area (Å²) in [5, 5.41) is 5.61. The summed E-state index contributed by atoms with van der Waals surface area (Å²) in [4.78, 5) is 43.1. The van der Waals surface area contributed by atoms with E-state index < -0.39 is 29.7 Å². The lowest BCUT2D eigenvalue weighted by Gasteiger charge is -2.20. The molecule has 0 aliphatic carbocycles. The van der Waals surface area contributed by atoms with Crippen molar-refractivity contribution in [1.29, 1.82) is 0 Å². The normalized spacial score (nSPS) is 16.6. The van der Waals surface area contributed by atoms with Crippen molar-refractivity contribution in [1.82, 2.24) is 15.6 Å². The lowest BCUT2D eigenvalue weighted by Crippen LogP contribution is -2.56. The van der Waals surface area contributed by atoms with Gasteiger partial charge in [-0.2, -0.15) is 0 Å². The molecule has 2 heterocycles. The van der Waals surface area contributed by atoms with Crippen molar-refractivity contribution < 1.29 is 19.1 Å². The number of rotatable bonds is 5. The number of benzene rings is 1. The summed E-state index contributed by atoms with van der Waals surface area (Å²) in [5.74, 6) is -2.88. The zero-order valence-corrected chi connectivity index (χ0v) is 14.6. The third-order valence-corrected chi connectivity index (χ3v) is 4.22. The topological polar surface area (TPSA) is 113 Å². The average molecular weight is 372 g/mol. The Morgan fingerprint density at radius 1 is 1.31 bits per heavy atom. The number of H-pyrrole nitrogens is 1. The number of hydrogen-bond acceptors (Lipinski definition) is 6. The molecule has 3 rings (SSSR count). The number of para-hydroxylation sites is 1. The highest BCUT2D eigenvalue weighted by molar-refractivity contribution is 7.80. The van der Waals surface area contributed by atoms with Gasteiger partial charge in [0.2, 0.25) is 11.8 Å². The van der Waals surface area contributed by atoms with Gasteiger partial charge in [-0.15, -0.1) is 0 Å². The quantitative estimate of drug-likeness (QED) is 0.306. The van der Waals surface area contributed by atoms with Crippen LogP contribution >= 0.6 is 12.2 Å². The fraction of sp³-hybridized carbons (Fsp3) is 0.235. The summed E-state index contributed by atoms with van der Waals surface area (Å²) < 4.78 is 4.80. The number of carbonyl (C=O) groups is 3. The Balaban J connectivity index is 1.82. The van der Waals surface area contributed by atoms with Gasteiger partial charge in [0.1, 0.15) is 0 Å². The second kappa shape index (κ2) is 7.44. The number of carbonyl (C=O) groups excluding carboxylic acids is 3. The predicted octanol–water partition coefficient (Wildman–Crippen LogP) is 0.470. The molecule has 1 aliphatic heterocycles. The summed E-state index contributed by atoms with van der Waals surface area (Å²) in [6, 6.07) is 6.78. The molecule has 2 aromatic rings. The maximum absolute atomic E-state index is 12.1. The Morgan fingerprint density at radius 2 is 2.00 bits per heavy atom. The molecule has 0 radical (unpaired) electrons. The van der Waals surface area contributed by atoms with E-state index in [9.17, 15) is 14.4 Å². The summed E-state index contributed by atoms with van der Waals surface area (Å²) in [6.07, 6.45) is 3.22. The molecule has 1 aromatic carbocycles. The Kier molecular flexibility index (Phi) is 5.08. The highest BCUT2D eigenvalue weighted by Crippen LogP contribution is 2.20. The van der Waals surface area contributed by atoms with Gasteiger partial charge < -0.3 is 20.4 Å². The standard InChI is InChI=1S/C17H16N4O4S/c1-25-16(24)13(6-9-7-18-12-5-3-2-4-10(9)12)19-8-11-14(22)20-17(26)21-15(11)23/h2-5,7-8,11,13,18H,6H2,1H3,(H2,20,21,22,23,26)/t13-/m0/s1. The van der Waals surface area contributed by atoms with E-state index in [1.165, 1.54) is 7.11 Å². The number of hydrogen-bond donors (Lipinski definition) is 3. The van der Waals surface area contributed by atoms with Crippen LogP contribution in [-0.2, 0) is 25.5 Å². The lowest BCUT2D eigenvalue weighted by molar-refractivity contribution is -0.142. The van der Waals surface area contributed by atoms with Crippen LogP contribution in [0.1, 0.15) is 5.56 Å². The fourth-order valence-corrected chi connectivity index (χ4v) is 2.90. The van der Waals surface area contributed by atoms with Gasteiger partial charge in [-0.25, -0.2) is 4.79 Å². The Labute approximate surface area is 154 Å². The van der Waals surface area contributed by atoms with Crippen molar-refractivity contribution in [3.05, 3.63) is 36.0 Å². The van der Waals surface area contributed by atoms with Crippen molar-refractivity contribution in [3.8, 4) is 0 Å². The van der Waals surface area contributed by atoms with Crippen molar-refractivity contribution in [2.75, 3.05) is 7.11 Å². The number of fused-ring (bicyclic) bond motifs is 1. The van der Waals surface area contributed by atoms with Crippen LogP contribution in [0, 0.1) is 5.92 Å². The number of thiocarbonyl (C=S) groups is 1. The number of aliphatic imine (C=N–C) groups is 1. The highest BCUT2D eigenvalue weighted by Gasteiger charge is 2.32. The van der Waals surface area contributed by atoms with Crippen LogP contribution < -0.4 is 10.6 Å². The minimum absolute atomic E-state index is 0.0482. The second-order valence-corrected chi connectivity index (χ2v) is 6.09. The summed E-state index contributed by atoms with van der Waals surface area (Å²) in [7, 11) is 1.26. The van der Waals surface area contributed by atoms with Crippen molar-refractivity contribution in [2.24, 2.45) is 10.9 Å². The van der Waals surface area contributed by atoms with E-state index in [1.54, 1.807) is 6.20 Å². The van der Waals surface area contributed by atoms with Crippen molar-refractivity contribution in [2.45, 2.75) is 12.5 Å². The number of aromatic amines is 1. The molecule has 134 valence electrons. The van der Waals surface area contributed by atoms with Crippen LogP contribution in [0.2, 0.25) is 0 Å². The molecule has 1 saturated heterocycles. The first kappa shape index (κ1) is 17.7. The van der Waals surface area contributed by atoms with Gasteiger partial charge in [0, 0.05) is 29.7 Å². The van der Waals surface area contributed by atoms with E-state index in [1.807, 2.05) is 24.3 Å². The SMILES string of the molecule is COC(=O)[C@H](Cc1c[nH]c2ccccc12)N=CC1C(=O)NC(=S)NC1=O. The molecule has 1 fully saturated rings. The van der Waals surface area contributed by atoms with Crippen LogP contribution in [0.25, 0.3) is 10.9 Å². The van der Waals surface area contributed by atoms with Crippen molar-refractivity contribution >= 4 is 52.2 Å². The Bertz CT molecular complexity index is 900. The van der Waals surface area contributed by atoms with Gasteiger partial charge in [0.15, 0.2) is 17.1 Å². The van der Waals surface area contributed by atoms with Crippen molar-refractivity contribution in [3.63, 3.8) is 0 Å².